The van der Waals surface area contributed by atoms with Crippen molar-refractivity contribution in [3.8, 4) is 0 Å². The highest BCUT2D eigenvalue weighted by Gasteiger charge is 2.59. The van der Waals surface area contributed by atoms with Crippen molar-refractivity contribution >= 4 is 17.5 Å². The molecule has 0 aromatic heterocycles. The zero-order valence-electron chi connectivity index (χ0n) is 24.6. The van der Waals surface area contributed by atoms with Crippen molar-refractivity contribution in [1.82, 2.24) is 0 Å². The summed E-state index contributed by atoms with van der Waals surface area (Å²) >= 11 is 0. The fourth-order valence-corrected chi connectivity index (χ4v) is 9.67. The summed E-state index contributed by atoms with van der Waals surface area (Å²) in [7, 11) is 0. The van der Waals surface area contributed by atoms with Gasteiger partial charge >= 0.3 is 6.09 Å². The van der Waals surface area contributed by atoms with E-state index in [1.54, 1.807) is 11.6 Å². The highest BCUT2D eigenvalue weighted by molar-refractivity contribution is 5.85. The number of fused-ring (bicyclic) bond motifs is 5. The van der Waals surface area contributed by atoms with Crippen LogP contribution < -0.4 is 11.1 Å². The van der Waals surface area contributed by atoms with E-state index in [9.17, 15) is 4.79 Å². The predicted molar refractivity (Wildman–Crippen MR) is 158 cm³/mol. The maximum atomic E-state index is 12.6. The van der Waals surface area contributed by atoms with Crippen molar-refractivity contribution in [1.29, 1.82) is 0 Å². The molecule has 1 unspecified atom stereocenters. The molecule has 0 aliphatic heterocycles. The lowest BCUT2D eigenvalue weighted by atomic mass is 9.47. The summed E-state index contributed by atoms with van der Waals surface area (Å²) in [4.78, 5) is 12.6. The molecule has 38 heavy (non-hydrogen) atoms. The van der Waals surface area contributed by atoms with Gasteiger partial charge in [-0.15, -0.1) is 0 Å². The second-order valence-electron chi connectivity index (χ2n) is 14.3. The Morgan fingerprint density at radius 3 is 2.66 bits per heavy atom. The van der Waals surface area contributed by atoms with E-state index < -0.39 is 0 Å². The fraction of sp³-hybridized carbons (Fsp3) is 0.735. The third-order valence-corrected chi connectivity index (χ3v) is 11.7. The molecule has 0 bridgehead atoms. The van der Waals surface area contributed by atoms with Gasteiger partial charge in [-0.2, -0.15) is 0 Å². The van der Waals surface area contributed by atoms with Gasteiger partial charge in [-0.25, -0.2) is 4.79 Å². The third kappa shape index (κ3) is 5.26. The predicted octanol–water partition coefficient (Wildman–Crippen LogP) is 9.23. The van der Waals surface area contributed by atoms with Crippen molar-refractivity contribution in [3.63, 3.8) is 0 Å². The molecule has 4 aliphatic carbocycles. The van der Waals surface area contributed by atoms with Gasteiger partial charge in [0, 0.05) is 17.8 Å². The van der Waals surface area contributed by atoms with Crippen LogP contribution >= 0.6 is 0 Å². The molecule has 1 aromatic carbocycles. The molecule has 0 spiro atoms. The van der Waals surface area contributed by atoms with Crippen LogP contribution in [0.15, 0.2) is 35.9 Å². The number of amides is 1. The number of ether oxygens (including phenoxy) is 1. The Morgan fingerprint density at radius 2 is 1.89 bits per heavy atom. The lowest BCUT2D eigenvalue weighted by molar-refractivity contribution is -0.0577. The minimum atomic E-state index is -0.369. The average Bonchev–Trinajstić information content (AvgIpc) is 3.21. The van der Waals surface area contributed by atoms with Crippen LogP contribution in [0.1, 0.15) is 105 Å². The van der Waals surface area contributed by atoms with E-state index >= 15 is 0 Å². The number of allylic oxidation sites excluding steroid dienone is 1. The number of nitrogen functional groups attached to an aromatic ring is 1. The highest BCUT2D eigenvalue weighted by Crippen LogP contribution is 2.67. The van der Waals surface area contributed by atoms with Gasteiger partial charge in [-0.1, -0.05) is 71.6 Å². The highest BCUT2D eigenvalue weighted by atomic mass is 16.6. The van der Waals surface area contributed by atoms with Crippen LogP contribution in [0.25, 0.3) is 0 Å². The van der Waals surface area contributed by atoms with E-state index in [-0.39, 0.29) is 17.6 Å². The van der Waals surface area contributed by atoms with Gasteiger partial charge in [0.1, 0.15) is 6.10 Å². The smallest absolute Gasteiger partial charge is 0.411 e. The van der Waals surface area contributed by atoms with E-state index in [0.29, 0.717) is 16.8 Å². The molecule has 8 atom stereocenters. The molecule has 1 aromatic rings. The fourth-order valence-electron chi connectivity index (χ4n) is 9.67. The molecule has 4 nitrogen and oxygen atoms in total. The molecule has 5 rings (SSSR count). The Kier molecular flexibility index (Phi) is 7.91. The summed E-state index contributed by atoms with van der Waals surface area (Å²) in [5, 5.41) is 2.86. The Balaban J connectivity index is 1.22. The van der Waals surface area contributed by atoms with E-state index in [0.717, 1.165) is 54.8 Å². The summed E-state index contributed by atoms with van der Waals surface area (Å²) < 4.78 is 5.91. The quantitative estimate of drug-likeness (QED) is 0.278. The maximum Gasteiger partial charge on any atom is 0.411 e. The van der Waals surface area contributed by atoms with Crippen LogP contribution in [0.3, 0.4) is 0 Å². The number of nitrogens with two attached hydrogens (primary N) is 1. The monoisotopic (exact) mass is 520 g/mol. The Hall–Kier alpha value is -1.97. The summed E-state index contributed by atoms with van der Waals surface area (Å²) in [5.74, 6) is 5.09. The normalized spacial score (nSPS) is 37.0. The first kappa shape index (κ1) is 27.6. The third-order valence-electron chi connectivity index (χ3n) is 11.7. The minimum Gasteiger partial charge on any atom is -0.446 e. The molecule has 210 valence electrons. The lowest BCUT2D eigenvalue weighted by Crippen LogP contribution is -2.51. The van der Waals surface area contributed by atoms with Crippen LogP contribution in [0.5, 0.6) is 0 Å². The van der Waals surface area contributed by atoms with Gasteiger partial charge < -0.3 is 10.5 Å². The first-order chi connectivity index (χ1) is 18.1. The number of rotatable bonds is 7. The molecular weight excluding hydrogens is 468 g/mol. The number of carbonyl (C=O) groups excluding carboxylic acids is 1. The molecule has 0 saturated heterocycles. The molecule has 0 radical (unpaired) electrons. The Bertz CT molecular complexity index is 1030. The van der Waals surface area contributed by atoms with Crippen molar-refractivity contribution < 1.29 is 9.53 Å². The molecule has 3 fully saturated rings. The van der Waals surface area contributed by atoms with Crippen molar-refractivity contribution in [2.75, 3.05) is 11.1 Å². The van der Waals surface area contributed by atoms with Gasteiger partial charge in [-0.3, -0.25) is 5.32 Å². The van der Waals surface area contributed by atoms with Gasteiger partial charge in [0.15, 0.2) is 0 Å². The van der Waals surface area contributed by atoms with Crippen molar-refractivity contribution in [2.45, 2.75) is 111 Å². The minimum absolute atomic E-state index is 0.0386. The second kappa shape index (κ2) is 10.9. The number of benzene rings is 1. The van der Waals surface area contributed by atoms with Crippen molar-refractivity contribution in [3.05, 3.63) is 35.9 Å². The van der Waals surface area contributed by atoms with Gasteiger partial charge in [0.2, 0.25) is 0 Å². The number of hydrogen-bond donors (Lipinski definition) is 2. The van der Waals surface area contributed by atoms with Crippen LogP contribution in [0.2, 0.25) is 0 Å². The summed E-state index contributed by atoms with van der Waals surface area (Å²) in [6.45, 7) is 12.5. The van der Waals surface area contributed by atoms with E-state index in [2.05, 4.69) is 46.0 Å². The van der Waals surface area contributed by atoms with Crippen LogP contribution in [-0.4, -0.2) is 12.2 Å². The first-order valence-electron chi connectivity index (χ1n) is 15.6. The van der Waals surface area contributed by atoms with Crippen LogP contribution in [0, 0.1) is 46.3 Å². The number of nitrogens with one attached hydrogen (secondary N) is 1. The molecule has 3 saturated carbocycles. The Morgan fingerprint density at radius 1 is 1.08 bits per heavy atom. The molecule has 4 aliphatic rings. The molecule has 0 heterocycles. The number of anilines is 2. The molecule has 4 heteroatoms. The van der Waals surface area contributed by atoms with Gasteiger partial charge in [-0.05, 0) is 109 Å². The van der Waals surface area contributed by atoms with E-state index in [4.69, 9.17) is 10.5 Å². The Labute approximate surface area is 231 Å². The van der Waals surface area contributed by atoms with Crippen LogP contribution in [0.4, 0.5) is 16.2 Å². The first-order valence-corrected chi connectivity index (χ1v) is 15.6. The summed E-state index contributed by atoms with van der Waals surface area (Å²) in [5.41, 5.74) is 9.53. The van der Waals surface area contributed by atoms with Gasteiger partial charge in [0.05, 0.1) is 0 Å². The standard InChI is InChI=1S/C34H52N2O2/c1-22(2)8-6-9-23(3)29-14-15-30-28-13-12-24-20-27(38-32(37)36-26-11-7-10-25(35)21-26)16-18-33(24,4)31(28)17-19-34(29,30)5/h7,10-12,21-23,27-31H,6,8-9,13-20,35H2,1-5H3,(H,36,37)/t23-,27?,28+,29-,30+,31+,33+,34-/m1/s1. The summed E-state index contributed by atoms with van der Waals surface area (Å²) in [6.07, 6.45) is 16.2. The number of hydrogen-bond acceptors (Lipinski definition) is 3. The topological polar surface area (TPSA) is 64.3 Å². The SMILES string of the molecule is CC(C)CCC[C@@H](C)[C@H]1CC[C@H]2[C@@H]3CC=C4CC(OC(=O)Nc5cccc(N)c5)CC[C@]4(C)[C@H]3CC[C@]12C. The van der Waals surface area contributed by atoms with E-state index in [1.165, 1.54) is 51.4 Å². The molecule has 1 amide bonds. The molecular formula is C34H52N2O2. The zero-order chi connectivity index (χ0) is 27.1. The van der Waals surface area contributed by atoms with Crippen molar-refractivity contribution in [2.24, 2.45) is 46.3 Å². The van der Waals surface area contributed by atoms with Crippen LogP contribution in [-0.2, 0) is 4.74 Å². The lowest BCUT2D eigenvalue weighted by Gasteiger charge is -2.58. The molecule has 3 N–H and O–H groups in total. The zero-order valence-corrected chi connectivity index (χ0v) is 24.6. The van der Waals surface area contributed by atoms with Gasteiger partial charge in [0.25, 0.3) is 0 Å². The largest absolute Gasteiger partial charge is 0.446 e. The maximum absolute atomic E-state index is 12.6. The average molecular weight is 521 g/mol. The second-order valence-corrected chi connectivity index (χ2v) is 14.3. The van der Waals surface area contributed by atoms with E-state index in [1.807, 2.05) is 18.2 Å². The number of carbonyl (C=O) groups is 1. The summed E-state index contributed by atoms with van der Waals surface area (Å²) in [6, 6.07) is 7.26.